The molecule has 0 unspecified atom stereocenters. The van der Waals surface area contributed by atoms with Crippen LogP contribution in [0.4, 0.5) is 0 Å². The third kappa shape index (κ3) is 3.85. The van der Waals surface area contributed by atoms with Crippen LogP contribution in [-0.2, 0) is 4.79 Å². The van der Waals surface area contributed by atoms with Gasteiger partial charge in [0.25, 0.3) is 0 Å². The Bertz CT molecular complexity index is 875. The monoisotopic (exact) mass is 369 g/mol. The Balaban J connectivity index is 1.93. The number of hydrogen-bond acceptors (Lipinski definition) is 4. The number of aromatic nitrogens is 2. The number of aromatic amines is 1. The van der Waals surface area contributed by atoms with Crippen molar-refractivity contribution in [3.8, 4) is 5.75 Å². The predicted octanol–water partition coefficient (Wildman–Crippen LogP) is 4.27. The Kier molecular flexibility index (Phi) is 5.83. The lowest BCUT2D eigenvalue weighted by Crippen LogP contribution is -2.33. The average molecular weight is 369 g/mol. The smallest absolute Gasteiger partial charge is 0.240 e. The van der Waals surface area contributed by atoms with Gasteiger partial charge >= 0.3 is 0 Å². The number of H-pyrrole nitrogens is 1. The molecule has 1 amide bonds. The van der Waals surface area contributed by atoms with E-state index < -0.39 is 0 Å². The van der Waals surface area contributed by atoms with Gasteiger partial charge in [-0.2, -0.15) is 0 Å². The number of amides is 1. The summed E-state index contributed by atoms with van der Waals surface area (Å²) in [4.78, 5) is 22.9. The molecule has 0 radical (unpaired) electrons. The maximum Gasteiger partial charge on any atom is 0.240 e. The third-order valence-electron chi connectivity index (χ3n) is 4.30. The number of fused-ring (bicyclic) bond motifs is 1. The summed E-state index contributed by atoms with van der Waals surface area (Å²) in [5.74, 6) is 0.876. The van der Waals surface area contributed by atoms with Gasteiger partial charge in [0.15, 0.2) is 5.16 Å². The van der Waals surface area contributed by atoms with Crippen molar-refractivity contribution in [3.05, 3.63) is 54.1 Å². The molecule has 2 aromatic carbocycles. The van der Waals surface area contributed by atoms with Crippen molar-refractivity contribution in [2.24, 2.45) is 0 Å². The van der Waals surface area contributed by atoms with Crippen LogP contribution in [0.15, 0.2) is 53.7 Å². The molecular formula is C20H23N3O2S. The van der Waals surface area contributed by atoms with Crippen LogP contribution < -0.4 is 4.74 Å². The molecule has 0 saturated heterocycles. The van der Waals surface area contributed by atoms with E-state index in [1.165, 1.54) is 11.8 Å². The van der Waals surface area contributed by atoms with Crippen molar-refractivity contribution in [3.63, 3.8) is 0 Å². The van der Waals surface area contributed by atoms with Crippen molar-refractivity contribution < 1.29 is 9.53 Å². The van der Waals surface area contributed by atoms with E-state index in [1.54, 1.807) is 7.11 Å². The number of imidazole rings is 1. The highest BCUT2D eigenvalue weighted by molar-refractivity contribution is 8.00. The lowest BCUT2D eigenvalue weighted by molar-refractivity contribution is -0.130. The number of nitrogens with zero attached hydrogens (tertiary/aromatic N) is 2. The predicted molar refractivity (Wildman–Crippen MR) is 106 cm³/mol. The largest absolute Gasteiger partial charge is 0.497 e. The number of carbonyl (C=O) groups is 1. The van der Waals surface area contributed by atoms with Gasteiger partial charge in [-0.15, -0.1) is 0 Å². The molecule has 3 aromatic rings. The zero-order valence-electron chi connectivity index (χ0n) is 15.2. The van der Waals surface area contributed by atoms with Crippen LogP contribution in [0, 0.1) is 0 Å². The van der Waals surface area contributed by atoms with Crippen molar-refractivity contribution in [1.82, 2.24) is 14.9 Å². The molecule has 1 aromatic heterocycles. The van der Waals surface area contributed by atoms with E-state index in [-0.39, 0.29) is 11.2 Å². The van der Waals surface area contributed by atoms with E-state index in [2.05, 4.69) is 9.97 Å². The third-order valence-corrected chi connectivity index (χ3v) is 5.42. The molecular weight excluding hydrogens is 346 g/mol. The minimum absolute atomic E-state index is 0.101. The minimum Gasteiger partial charge on any atom is -0.497 e. The van der Waals surface area contributed by atoms with Gasteiger partial charge in [0, 0.05) is 19.2 Å². The number of rotatable bonds is 7. The van der Waals surface area contributed by atoms with E-state index in [4.69, 9.17) is 4.74 Å². The van der Waals surface area contributed by atoms with Gasteiger partial charge in [-0.1, -0.05) is 42.1 Å². The molecule has 0 saturated carbocycles. The molecule has 0 aliphatic heterocycles. The quantitative estimate of drug-likeness (QED) is 0.632. The molecule has 0 spiro atoms. The fourth-order valence-corrected chi connectivity index (χ4v) is 3.94. The second-order valence-corrected chi connectivity index (χ2v) is 6.94. The van der Waals surface area contributed by atoms with Gasteiger partial charge in [0.2, 0.25) is 5.91 Å². The fraction of sp³-hybridized carbons (Fsp3) is 0.300. The fourth-order valence-electron chi connectivity index (χ4n) is 2.85. The first-order valence-corrected chi connectivity index (χ1v) is 9.58. The zero-order chi connectivity index (χ0) is 18.5. The molecule has 0 fully saturated rings. The molecule has 1 atom stereocenters. The summed E-state index contributed by atoms with van der Waals surface area (Å²) in [6.07, 6.45) is 0. The molecule has 1 heterocycles. The highest BCUT2D eigenvalue weighted by Crippen LogP contribution is 2.36. The number of methoxy groups -OCH3 is 1. The molecule has 0 aliphatic rings. The van der Waals surface area contributed by atoms with Crippen molar-refractivity contribution in [2.75, 3.05) is 20.2 Å². The van der Waals surface area contributed by atoms with E-state index in [0.29, 0.717) is 13.1 Å². The summed E-state index contributed by atoms with van der Waals surface area (Å²) >= 11 is 1.45. The lowest BCUT2D eigenvalue weighted by Gasteiger charge is -2.24. The number of likely N-dealkylation sites (N-methyl/N-ethyl adjacent to an activating group) is 1. The maximum atomic E-state index is 13.1. The molecule has 1 N–H and O–H groups in total. The van der Waals surface area contributed by atoms with Crippen LogP contribution in [0.25, 0.3) is 11.0 Å². The summed E-state index contributed by atoms with van der Waals surface area (Å²) in [5, 5.41) is 0.390. The number of carbonyl (C=O) groups excluding carboxylic acids is 1. The first-order valence-electron chi connectivity index (χ1n) is 8.70. The van der Waals surface area contributed by atoms with Gasteiger partial charge in [-0.05, 0) is 31.5 Å². The van der Waals surface area contributed by atoms with Crippen molar-refractivity contribution in [1.29, 1.82) is 0 Å². The molecule has 6 heteroatoms. The molecule has 0 bridgehead atoms. The van der Waals surface area contributed by atoms with Gasteiger partial charge < -0.3 is 14.6 Å². The summed E-state index contributed by atoms with van der Waals surface area (Å²) in [6.45, 7) is 5.39. The molecule has 3 rings (SSSR count). The normalized spacial score (nSPS) is 12.1. The van der Waals surface area contributed by atoms with E-state index in [1.807, 2.05) is 67.3 Å². The van der Waals surface area contributed by atoms with Crippen LogP contribution >= 0.6 is 11.8 Å². The number of benzene rings is 2. The summed E-state index contributed by atoms with van der Waals surface area (Å²) in [6, 6.07) is 15.6. The van der Waals surface area contributed by atoms with Crippen LogP contribution in [0.1, 0.15) is 24.7 Å². The highest BCUT2D eigenvalue weighted by atomic mass is 32.2. The van der Waals surface area contributed by atoms with Crippen molar-refractivity contribution in [2.45, 2.75) is 24.3 Å². The highest BCUT2D eigenvalue weighted by Gasteiger charge is 2.26. The van der Waals surface area contributed by atoms with Crippen LogP contribution in [-0.4, -0.2) is 41.0 Å². The maximum absolute atomic E-state index is 13.1. The summed E-state index contributed by atoms with van der Waals surface area (Å²) < 4.78 is 5.27. The molecule has 5 nitrogen and oxygen atoms in total. The van der Waals surface area contributed by atoms with Gasteiger partial charge in [-0.25, -0.2) is 4.98 Å². The Hall–Kier alpha value is -2.47. The van der Waals surface area contributed by atoms with E-state index >= 15 is 0 Å². The summed E-state index contributed by atoms with van der Waals surface area (Å²) in [7, 11) is 1.64. The Morgan fingerprint density at radius 2 is 1.92 bits per heavy atom. The summed E-state index contributed by atoms with van der Waals surface area (Å²) in [5.41, 5.74) is 2.73. The standard InChI is InChI=1S/C20H23N3O2S/c1-4-23(5-2)19(24)18(14-9-7-6-8-10-14)26-20-21-16-12-11-15(25-3)13-17(16)22-20/h6-13,18H,4-5H2,1-3H3,(H,21,22)/t18-/m0/s1. The van der Waals surface area contributed by atoms with Crippen molar-refractivity contribution >= 4 is 28.7 Å². The van der Waals surface area contributed by atoms with Gasteiger partial charge in [0.1, 0.15) is 11.0 Å². The van der Waals surface area contributed by atoms with E-state index in [9.17, 15) is 4.79 Å². The Morgan fingerprint density at radius 1 is 1.19 bits per heavy atom. The Labute approximate surface area is 157 Å². The zero-order valence-corrected chi connectivity index (χ0v) is 16.0. The SMILES string of the molecule is CCN(CC)C(=O)[C@@H](Sc1nc2ccc(OC)cc2[nH]1)c1ccccc1. The topological polar surface area (TPSA) is 58.2 Å². The molecule has 26 heavy (non-hydrogen) atoms. The van der Waals surface area contributed by atoms with Crippen LogP contribution in [0.2, 0.25) is 0 Å². The minimum atomic E-state index is -0.335. The number of thioether (sulfide) groups is 1. The van der Waals surface area contributed by atoms with Crippen LogP contribution in [0.5, 0.6) is 5.75 Å². The van der Waals surface area contributed by atoms with E-state index in [0.717, 1.165) is 27.5 Å². The average Bonchev–Trinajstić information content (AvgIpc) is 3.09. The number of nitrogens with one attached hydrogen (secondary N) is 1. The van der Waals surface area contributed by atoms with Gasteiger partial charge in [0.05, 0.1) is 18.1 Å². The second kappa shape index (κ2) is 8.27. The Morgan fingerprint density at radius 3 is 2.58 bits per heavy atom. The first-order chi connectivity index (χ1) is 12.7. The second-order valence-electron chi connectivity index (χ2n) is 5.84. The first kappa shape index (κ1) is 18.3. The van der Waals surface area contributed by atoms with Gasteiger partial charge in [-0.3, -0.25) is 4.79 Å². The number of ether oxygens (including phenoxy) is 1. The lowest BCUT2D eigenvalue weighted by atomic mass is 10.1. The van der Waals surface area contributed by atoms with Crippen LogP contribution in [0.3, 0.4) is 0 Å². The number of hydrogen-bond donors (Lipinski definition) is 1. The molecule has 0 aliphatic carbocycles. The molecule has 136 valence electrons.